The van der Waals surface area contributed by atoms with E-state index in [0.29, 0.717) is 54.1 Å². The van der Waals surface area contributed by atoms with Gasteiger partial charge >= 0.3 is 12.6 Å². The number of aromatic nitrogens is 5. The summed E-state index contributed by atoms with van der Waals surface area (Å²) in [6.07, 6.45) is 1.58. The summed E-state index contributed by atoms with van der Waals surface area (Å²) in [4.78, 5) is 41.1. The summed E-state index contributed by atoms with van der Waals surface area (Å²) in [6.45, 7) is 2.31. The number of fused-ring (bicyclic) bond motifs is 4. The molecule has 12 heteroatoms. The fourth-order valence-electron chi connectivity index (χ4n) is 4.95. The zero-order chi connectivity index (χ0) is 28.0. The van der Waals surface area contributed by atoms with Crippen LogP contribution in [-0.4, -0.2) is 54.7 Å². The molecule has 0 unspecified atom stereocenters. The SMILES string of the molecule is CCOc1ncc2cc(-c3ccc4nc5n(c4c3)CCN(C(C)=O)C5)c(=O)n(-c3ccc(OC(F)F)cc3)c2n1. The van der Waals surface area contributed by atoms with Gasteiger partial charge in [0.25, 0.3) is 5.56 Å². The van der Waals surface area contributed by atoms with Gasteiger partial charge in [-0.05, 0) is 55.0 Å². The molecule has 0 radical (unpaired) electrons. The summed E-state index contributed by atoms with van der Waals surface area (Å²) in [5.41, 5.74) is 3.04. The molecule has 0 bridgehead atoms. The van der Waals surface area contributed by atoms with Gasteiger partial charge in [-0.3, -0.25) is 14.2 Å². The lowest BCUT2D eigenvalue weighted by Gasteiger charge is -2.26. The quantitative estimate of drug-likeness (QED) is 0.315. The first kappa shape index (κ1) is 25.4. The number of pyridine rings is 1. The highest BCUT2D eigenvalue weighted by Gasteiger charge is 2.23. The maximum Gasteiger partial charge on any atom is 0.387 e. The lowest BCUT2D eigenvalue weighted by molar-refractivity contribution is -0.130. The van der Waals surface area contributed by atoms with E-state index in [9.17, 15) is 18.4 Å². The van der Waals surface area contributed by atoms with Crippen molar-refractivity contribution < 1.29 is 23.0 Å². The number of benzene rings is 2. The number of rotatable bonds is 6. The Bertz CT molecular complexity index is 1820. The van der Waals surface area contributed by atoms with E-state index < -0.39 is 6.61 Å². The number of carbonyl (C=O) groups is 1. The second-order valence-corrected chi connectivity index (χ2v) is 9.26. The normalized spacial score (nSPS) is 13.2. The standard InChI is InChI=1S/C28H24F2N6O4/c1-3-39-28-31-14-18-12-21(26(38)36(25(18)33-28)19-5-7-20(8-6-19)40-27(29)30)17-4-9-22-23(13-17)35-11-10-34(16(2)37)15-24(35)32-22/h4-9,12-14,27H,3,10-11,15H2,1-2H3. The van der Waals surface area contributed by atoms with E-state index in [2.05, 4.69) is 19.3 Å². The van der Waals surface area contributed by atoms with Crippen LogP contribution >= 0.6 is 0 Å². The maximum atomic E-state index is 14.0. The first-order chi connectivity index (χ1) is 19.3. The van der Waals surface area contributed by atoms with Crippen LogP contribution in [0.2, 0.25) is 0 Å². The van der Waals surface area contributed by atoms with Crippen LogP contribution in [0, 0.1) is 0 Å². The van der Waals surface area contributed by atoms with Gasteiger partial charge in [-0.15, -0.1) is 0 Å². The fourth-order valence-corrected chi connectivity index (χ4v) is 4.95. The molecule has 4 heterocycles. The van der Waals surface area contributed by atoms with Gasteiger partial charge in [0.2, 0.25) is 5.91 Å². The Morgan fingerprint density at radius 1 is 1.07 bits per heavy atom. The van der Waals surface area contributed by atoms with Crippen LogP contribution in [0.1, 0.15) is 19.7 Å². The highest BCUT2D eigenvalue weighted by atomic mass is 19.3. The predicted molar refractivity (Wildman–Crippen MR) is 143 cm³/mol. The van der Waals surface area contributed by atoms with Crippen molar-refractivity contribution in [3.8, 4) is 28.6 Å². The van der Waals surface area contributed by atoms with Crippen LogP contribution in [0.4, 0.5) is 8.78 Å². The third kappa shape index (κ3) is 4.51. The van der Waals surface area contributed by atoms with Crippen LogP contribution in [0.3, 0.4) is 0 Å². The summed E-state index contributed by atoms with van der Waals surface area (Å²) in [6, 6.07) is 13.2. The molecule has 0 N–H and O–H groups in total. The molecule has 3 aromatic heterocycles. The number of imidazole rings is 1. The van der Waals surface area contributed by atoms with E-state index in [1.807, 2.05) is 18.2 Å². The van der Waals surface area contributed by atoms with E-state index in [-0.39, 0.29) is 23.2 Å². The van der Waals surface area contributed by atoms with Crippen LogP contribution in [-0.2, 0) is 17.9 Å². The molecule has 1 aliphatic rings. The minimum atomic E-state index is -2.96. The molecule has 10 nitrogen and oxygen atoms in total. The van der Waals surface area contributed by atoms with Crippen molar-refractivity contribution in [1.29, 1.82) is 0 Å². The van der Waals surface area contributed by atoms with Crippen molar-refractivity contribution in [3.63, 3.8) is 0 Å². The van der Waals surface area contributed by atoms with E-state index in [1.54, 1.807) is 31.0 Å². The average Bonchev–Trinajstić information content (AvgIpc) is 3.30. The van der Waals surface area contributed by atoms with E-state index in [1.165, 1.54) is 28.8 Å². The number of carbonyl (C=O) groups excluding carboxylic acids is 1. The minimum Gasteiger partial charge on any atom is -0.464 e. The van der Waals surface area contributed by atoms with Crippen molar-refractivity contribution >= 4 is 28.0 Å². The molecule has 0 spiro atoms. The highest BCUT2D eigenvalue weighted by Crippen LogP contribution is 2.29. The zero-order valence-electron chi connectivity index (χ0n) is 21.7. The van der Waals surface area contributed by atoms with Gasteiger partial charge < -0.3 is 18.9 Å². The molecule has 0 aliphatic carbocycles. The minimum absolute atomic E-state index is 0.000719. The maximum absolute atomic E-state index is 14.0. The average molecular weight is 547 g/mol. The molecule has 6 rings (SSSR count). The summed E-state index contributed by atoms with van der Waals surface area (Å²) < 4.78 is 38.8. The van der Waals surface area contributed by atoms with Crippen LogP contribution < -0.4 is 15.0 Å². The molecule has 2 aromatic carbocycles. The van der Waals surface area contributed by atoms with Gasteiger partial charge in [-0.1, -0.05) is 6.07 Å². The van der Waals surface area contributed by atoms with Gasteiger partial charge in [0, 0.05) is 37.2 Å². The molecule has 0 fully saturated rings. The van der Waals surface area contributed by atoms with E-state index in [4.69, 9.17) is 9.72 Å². The van der Waals surface area contributed by atoms with Crippen LogP contribution in [0.5, 0.6) is 11.8 Å². The van der Waals surface area contributed by atoms with Crippen molar-refractivity contribution in [2.75, 3.05) is 13.2 Å². The molecule has 204 valence electrons. The topological polar surface area (TPSA) is 104 Å². The van der Waals surface area contributed by atoms with Crippen molar-refractivity contribution in [1.82, 2.24) is 29.0 Å². The third-order valence-electron chi connectivity index (χ3n) is 6.82. The van der Waals surface area contributed by atoms with Gasteiger partial charge in [-0.25, -0.2) is 9.97 Å². The summed E-state index contributed by atoms with van der Waals surface area (Å²) in [7, 11) is 0. The van der Waals surface area contributed by atoms with Crippen molar-refractivity contribution in [2.24, 2.45) is 0 Å². The van der Waals surface area contributed by atoms with Crippen molar-refractivity contribution in [2.45, 2.75) is 33.5 Å². The van der Waals surface area contributed by atoms with E-state index >= 15 is 0 Å². The molecular weight excluding hydrogens is 522 g/mol. The number of alkyl halides is 2. The lowest BCUT2D eigenvalue weighted by atomic mass is 10.0. The Balaban J connectivity index is 1.51. The van der Waals surface area contributed by atoms with E-state index in [0.717, 1.165) is 16.9 Å². The Morgan fingerprint density at radius 3 is 2.60 bits per heavy atom. The number of hydrogen-bond donors (Lipinski definition) is 0. The monoisotopic (exact) mass is 546 g/mol. The number of halogens is 2. The molecule has 0 saturated carbocycles. The van der Waals surface area contributed by atoms with Crippen LogP contribution in [0.15, 0.2) is 59.5 Å². The fraction of sp³-hybridized carbons (Fsp3) is 0.250. The van der Waals surface area contributed by atoms with Gasteiger partial charge in [0.1, 0.15) is 11.6 Å². The smallest absolute Gasteiger partial charge is 0.387 e. The predicted octanol–water partition coefficient (Wildman–Crippen LogP) is 4.16. The molecule has 40 heavy (non-hydrogen) atoms. The second-order valence-electron chi connectivity index (χ2n) is 9.26. The molecule has 0 saturated heterocycles. The van der Waals surface area contributed by atoms with Gasteiger partial charge in [0.05, 0.1) is 29.9 Å². The molecule has 1 amide bonds. The summed E-state index contributed by atoms with van der Waals surface area (Å²) >= 11 is 0. The first-order valence-electron chi connectivity index (χ1n) is 12.7. The number of amides is 1. The highest BCUT2D eigenvalue weighted by molar-refractivity contribution is 5.87. The Morgan fingerprint density at radius 2 is 1.88 bits per heavy atom. The Labute approximate surface area is 226 Å². The number of nitrogens with zero attached hydrogens (tertiary/aromatic N) is 6. The number of hydrogen-bond acceptors (Lipinski definition) is 7. The largest absolute Gasteiger partial charge is 0.464 e. The molecule has 5 aromatic rings. The van der Waals surface area contributed by atoms with Gasteiger partial charge in [0.15, 0.2) is 5.65 Å². The second kappa shape index (κ2) is 10.0. The summed E-state index contributed by atoms with van der Waals surface area (Å²) in [5, 5.41) is 0.582. The molecule has 1 aliphatic heterocycles. The number of ether oxygens (including phenoxy) is 2. The van der Waals surface area contributed by atoms with Crippen LogP contribution in [0.25, 0.3) is 38.9 Å². The molecular formula is C28H24F2N6O4. The first-order valence-corrected chi connectivity index (χ1v) is 12.7. The third-order valence-corrected chi connectivity index (χ3v) is 6.82. The lowest BCUT2D eigenvalue weighted by Crippen LogP contribution is -2.36. The summed E-state index contributed by atoms with van der Waals surface area (Å²) in [5.74, 6) is 0.753. The zero-order valence-corrected chi connectivity index (χ0v) is 21.7. The van der Waals surface area contributed by atoms with Crippen molar-refractivity contribution in [3.05, 3.63) is 70.9 Å². The Hall–Kier alpha value is -4.87. The molecule has 0 atom stereocenters. The Kier molecular flexibility index (Phi) is 6.37. The van der Waals surface area contributed by atoms with Gasteiger partial charge in [-0.2, -0.15) is 13.8 Å².